The van der Waals surface area contributed by atoms with Crippen LogP contribution in [0.2, 0.25) is 0 Å². The van der Waals surface area contributed by atoms with Crippen molar-refractivity contribution in [3.63, 3.8) is 0 Å². The molecule has 0 bridgehead atoms. The summed E-state index contributed by atoms with van der Waals surface area (Å²) in [7, 11) is 0. The number of ketones is 3. The van der Waals surface area contributed by atoms with Gasteiger partial charge >= 0.3 is 5.97 Å². The summed E-state index contributed by atoms with van der Waals surface area (Å²) in [6, 6.07) is 0. The van der Waals surface area contributed by atoms with Gasteiger partial charge in [0.1, 0.15) is 23.1 Å². The van der Waals surface area contributed by atoms with Crippen LogP contribution < -0.4 is 5.73 Å². The van der Waals surface area contributed by atoms with E-state index in [1.165, 1.54) is 0 Å². The van der Waals surface area contributed by atoms with Gasteiger partial charge in [-0.15, -0.1) is 0 Å². The number of carbonyl (C=O) groups is 4. The minimum atomic E-state index is -2.35. The molecule has 0 aromatic rings. The molecule has 0 saturated carbocycles. The van der Waals surface area contributed by atoms with E-state index < -0.39 is 40.4 Å². The first kappa shape index (κ1) is 63.1. The molecule has 0 radical (unpaired) electrons. The van der Waals surface area contributed by atoms with Crippen LogP contribution in [0.5, 0.6) is 0 Å². The number of allylic oxidation sites excluding steroid dienone is 18. The Balaban J connectivity index is 5.51. The summed E-state index contributed by atoms with van der Waals surface area (Å²) >= 11 is 0. The number of hydrogen-bond acceptors (Lipinski definition) is 6. The molecule has 1 atom stereocenters. The molecule has 2 N–H and O–H groups in total. The lowest BCUT2D eigenvalue weighted by atomic mass is 9.72. The van der Waals surface area contributed by atoms with Gasteiger partial charge in [-0.2, -0.15) is 0 Å². The summed E-state index contributed by atoms with van der Waals surface area (Å²) in [5, 5.41) is 0. The Morgan fingerprint density at radius 1 is 0.388 bits per heavy atom. The van der Waals surface area contributed by atoms with E-state index >= 15 is 0 Å². The molecule has 6 nitrogen and oxygen atoms in total. The van der Waals surface area contributed by atoms with Gasteiger partial charge in [-0.1, -0.05) is 188 Å². The largest absolute Gasteiger partial charge is 0.458 e. The first-order valence-corrected chi connectivity index (χ1v) is 26.9. The highest BCUT2D eigenvalue weighted by atomic mass is 16.6. The highest BCUT2D eigenvalue weighted by Crippen LogP contribution is 2.29. The van der Waals surface area contributed by atoms with Crippen LogP contribution in [-0.2, 0) is 23.9 Å². The predicted octanol–water partition coefficient (Wildman–Crippen LogP) is 17.1. The number of nitrogens with two attached hydrogens (primary N) is 1. The molecule has 378 valence electrons. The molecular formula is C61H99NO5. The van der Waals surface area contributed by atoms with Crippen LogP contribution in [0.15, 0.2) is 109 Å². The van der Waals surface area contributed by atoms with Crippen molar-refractivity contribution in [3.05, 3.63) is 109 Å². The van der Waals surface area contributed by atoms with E-state index in [1.54, 1.807) is 20.8 Å². The molecule has 0 aromatic heterocycles. The van der Waals surface area contributed by atoms with Gasteiger partial charge in [0.2, 0.25) is 0 Å². The monoisotopic (exact) mass is 926 g/mol. The molecule has 0 heterocycles. The van der Waals surface area contributed by atoms with Crippen LogP contribution in [0.3, 0.4) is 0 Å². The van der Waals surface area contributed by atoms with E-state index in [0.29, 0.717) is 19.3 Å². The molecule has 0 rings (SSSR count). The zero-order chi connectivity index (χ0) is 49.5. The summed E-state index contributed by atoms with van der Waals surface area (Å²) in [6.07, 6.45) is 65.3. The Labute approximate surface area is 412 Å². The van der Waals surface area contributed by atoms with Crippen LogP contribution in [0.25, 0.3) is 0 Å². The van der Waals surface area contributed by atoms with Crippen molar-refractivity contribution in [1.29, 1.82) is 0 Å². The van der Waals surface area contributed by atoms with Crippen LogP contribution in [0.4, 0.5) is 0 Å². The van der Waals surface area contributed by atoms with Gasteiger partial charge in [0.05, 0.1) is 0 Å². The van der Waals surface area contributed by atoms with E-state index in [-0.39, 0.29) is 19.3 Å². The summed E-state index contributed by atoms with van der Waals surface area (Å²) in [6.45, 7) is 11.6. The summed E-state index contributed by atoms with van der Waals surface area (Å²) in [5.41, 5.74) is 3.60. The van der Waals surface area contributed by atoms with Gasteiger partial charge in [-0.3, -0.25) is 14.4 Å². The topological polar surface area (TPSA) is 104 Å². The molecule has 1 unspecified atom stereocenters. The third kappa shape index (κ3) is 36.8. The van der Waals surface area contributed by atoms with E-state index in [9.17, 15) is 19.2 Å². The van der Waals surface area contributed by atoms with Gasteiger partial charge in [0.15, 0.2) is 11.3 Å². The first-order chi connectivity index (χ1) is 32.4. The standard InChI is InChI=1S/C61H99NO5/c1-7-10-13-16-19-22-25-28-31-34-37-40-43-46-49-52-55(63)58(56(64)53-50-47-44-41-38-35-32-29-26-23-20-17-14-11-8-2)61(62,59(66)67-60(4,5)6)57(65)54-51-48-45-42-39-36-33-30-27-24-21-18-15-12-9-3/h10-15,19-24,28-33,58H,7-9,16-18,25-27,34-54,62H2,1-6H3/b13-10-,14-11-,15-12-,22-19-,23-20-,24-21-,31-28-,32-29-,33-30-. The fourth-order valence-corrected chi connectivity index (χ4v) is 7.68. The van der Waals surface area contributed by atoms with Crippen molar-refractivity contribution in [2.24, 2.45) is 11.7 Å². The second kappa shape index (κ2) is 44.6. The lowest BCUT2D eigenvalue weighted by Gasteiger charge is -2.35. The van der Waals surface area contributed by atoms with Crippen molar-refractivity contribution in [1.82, 2.24) is 0 Å². The SMILES string of the molecule is CC/C=C\C/C=C\C/C=C\CCCCCCCC(=O)C(C(=O)CCCCCCC/C=C\C/C=C\C/C=C\CC)C(N)(C(=O)CCCCCCC/C=C\C/C=C\C/C=C\CC)C(=O)OC(C)(C)C. The number of carbonyl (C=O) groups excluding carboxylic acids is 4. The van der Waals surface area contributed by atoms with Gasteiger partial charge in [-0.05, 0) is 136 Å². The third-order valence-corrected chi connectivity index (χ3v) is 11.5. The maximum Gasteiger partial charge on any atom is 0.335 e. The van der Waals surface area contributed by atoms with Gasteiger partial charge in [0.25, 0.3) is 0 Å². The second-order valence-corrected chi connectivity index (χ2v) is 19.0. The zero-order valence-electron chi connectivity index (χ0n) is 43.8. The quantitative estimate of drug-likeness (QED) is 0.0283. The molecule has 0 aliphatic carbocycles. The van der Waals surface area contributed by atoms with E-state index in [2.05, 4.69) is 130 Å². The maximum atomic E-state index is 14.2. The minimum Gasteiger partial charge on any atom is -0.458 e. The van der Waals surface area contributed by atoms with Crippen LogP contribution in [0, 0.1) is 5.92 Å². The van der Waals surface area contributed by atoms with Crippen LogP contribution >= 0.6 is 0 Å². The fraction of sp³-hybridized carbons (Fsp3) is 0.639. The van der Waals surface area contributed by atoms with Crippen molar-refractivity contribution in [2.75, 3.05) is 0 Å². The van der Waals surface area contributed by atoms with Crippen molar-refractivity contribution >= 4 is 23.3 Å². The van der Waals surface area contributed by atoms with Crippen molar-refractivity contribution < 1.29 is 23.9 Å². The third-order valence-electron chi connectivity index (χ3n) is 11.5. The average Bonchev–Trinajstić information content (AvgIpc) is 3.29. The number of hydrogen-bond donors (Lipinski definition) is 1. The number of rotatable bonds is 44. The molecule has 0 amide bonds. The number of Topliss-reactive ketones (excluding diaryl/α,β-unsaturated/α-hetero) is 3. The van der Waals surface area contributed by atoms with Crippen molar-refractivity contribution in [3.8, 4) is 0 Å². The Morgan fingerprint density at radius 2 is 0.657 bits per heavy atom. The zero-order valence-corrected chi connectivity index (χ0v) is 43.8. The molecule has 0 aliphatic heterocycles. The van der Waals surface area contributed by atoms with Gasteiger partial charge in [-0.25, -0.2) is 4.79 Å². The van der Waals surface area contributed by atoms with Crippen LogP contribution in [0.1, 0.15) is 234 Å². The average molecular weight is 926 g/mol. The number of ether oxygens (including phenoxy) is 1. The number of esters is 1. The maximum absolute atomic E-state index is 14.2. The molecule has 0 aliphatic rings. The predicted molar refractivity (Wildman–Crippen MR) is 289 cm³/mol. The molecule has 0 aromatic carbocycles. The van der Waals surface area contributed by atoms with E-state index in [1.807, 2.05) is 0 Å². The second-order valence-electron chi connectivity index (χ2n) is 19.0. The molecular weight excluding hydrogens is 827 g/mol. The lowest BCUT2D eigenvalue weighted by molar-refractivity contribution is -0.170. The van der Waals surface area contributed by atoms with Crippen molar-refractivity contribution in [2.45, 2.75) is 245 Å². The molecule has 0 spiro atoms. The summed E-state index contributed by atoms with van der Waals surface area (Å²) in [5.74, 6) is -3.91. The smallest absolute Gasteiger partial charge is 0.335 e. The molecule has 0 fully saturated rings. The summed E-state index contributed by atoms with van der Waals surface area (Å²) in [4.78, 5) is 56.7. The Hall–Kier alpha value is -3.90. The highest BCUT2D eigenvalue weighted by molar-refractivity contribution is 6.19. The van der Waals surface area contributed by atoms with Gasteiger partial charge in [0, 0.05) is 19.3 Å². The van der Waals surface area contributed by atoms with Gasteiger partial charge < -0.3 is 10.5 Å². The normalized spacial score (nSPS) is 13.9. The lowest BCUT2D eigenvalue weighted by Crippen LogP contribution is -2.65. The van der Waals surface area contributed by atoms with E-state index in [4.69, 9.17) is 10.5 Å². The Morgan fingerprint density at radius 3 is 0.970 bits per heavy atom. The molecule has 6 heteroatoms. The molecule has 67 heavy (non-hydrogen) atoms. The molecule has 0 saturated heterocycles. The number of unbranched alkanes of at least 4 members (excludes halogenated alkanes) is 15. The summed E-state index contributed by atoms with van der Waals surface area (Å²) < 4.78 is 5.77. The minimum absolute atomic E-state index is 0.0224. The highest BCUT2D eigenvalue weighted by Gasteiger charge is 2.55. The fourth-order valence-electron chi connectivity index (χ4n) is 7.68. The Bertz CT molecular complexity index is 1480. The van der Waals surface area contributed by atoms with E-state index in [0.717, 1.165) is 154 Å². The van der Waals surface area contributed by atoms with Crippen LogP contribution in [-0.4, -0.2) is 34.5 Å². The Kier molecular flexibility index (Phi) is 42.0. The first-order valence-electron chi connectivity index (χ1n) is 26.9.